The van der Waals surface area contributed by atoms with Crippen LogP contribution in [0.2, 0.25) is 0 Å². The van der Waals surface area contributed by atoms with Gasteiger partial charge in [-0.05, 0) is 24.8 Å². The van der Waals surface area contributed by atoms with Gasteiger partial charge in [-0.25, -0.2) is 0 Å². The predicted molar refractivity (Wildman–Crippen MR) is 74.0 cm³/mol. The van der Waals surface area contributed by atoms with Crippen molar-refractivity contribution >= 4 is 21.6 Å². The maximum atomic E-state index is 12.6. The number of hydrogen-bond acceptors (Lipinski definition) is 2. The van der Waals surface area contributed by atoms with E-state index >= 15 is 0 Å². The Kier molecular flexibility index (Phi) is 5.56. The van der Waals surface area contributed by atoms with Gasteiger partial charge in [0, 0.05) is 16.5 Å². The molecular formula is C13H15BrF3NO2. The zero-order valence-corrected chi connectivity index (χ0v) is 12.7. The molecule has 112 valence electrons. The van der Waals surface area contributed by atoms with Crippen LogP contribution in [0.4, 0.5) is 18.9 Å². The first-order valence-electron chi connectivity index (χ1n) is 6.09. The highest BCUT2D eigenvalue weighted by molar-refractivity contribution is 9.09. The summed E-state index contributed by atoms with van der Waals surface area (Å²) < 4.78 is 37.7. The molecule has 0 fully saturated rings. The highest BCUT2D eigenvalue weighted by atomic mass is 79.9. The molecule has 0 heterocycles. The Morgan fingerprint density at radius 2 is 1.95 bits per heavy atom. The van der Waals surface area contributed by atoms with Crippen LogP contribution in [-0.2, 0) is 12.6 Å². The van der Waals surface area contributed by atoms with Crippen molar-refractivity contribution in [2.75, 3.05) is 0 Å². The summed E-state index contributed by atoms with van der Waals surface area (Å²) in [5, 5.41) is 10.9. The van der Waals surface area contributed by atoms with Gasteiger partial charge in [0.1, 0.15) is 0 Å². The van der Waals surface area contributed by atoms with Crippen LogP contribution in [0.15, 0.2) is 18.2 Å². The van der Waals surface area contributed by atoms with E-state index < -0.39 is 22.4 Å². The summed E-state index contributed by atoms with van der Waals surface area (Å²) >= 11 is 3.41. The maximum absolute atomic E-state index is 12.6. The summed E-state index contributed by atoms with van der Waals surface area (Å²) in [5.74, 6) is 0.396. The van der Waals surface area contributed by atoms with E-state index in [0.29, 0.717) is 24.0 Å². The molecule has 20 heavy (non-hydrogen) atoms. The lowest BCUT2D eigenvalue weighted by molar-refractivity contribution is -0.385. The average Bonchev–Trinajstić information content (AvgIpc) is 2.26. The number of nitro groups is 1. The molecule has 0 aliphatic rings. The van der Waals surface area contributed by atoms with Gasteiger partial charge >= 0.3 is 6.18 Å². The van der Waals surface area contributed by atoms with Gasteiger partial charge in [0.25, 0.3) is 5.69 Å². The third-order valence-corrected chi connectivity index (χ3v) is 3.48. The van der Waals surface area contributed by atoms with E-state index in [1.165, 1.54) is 6.07 Å². The first-order chi connectivity index (χ1) is 9.11. The van der Waals surface area contributed by atoms with E-state index in [2.05, 4.69) is 15.9 Å². The SMILES string of the molecule is CC(C)CC(Br)Cc1ccc(C(F)(F)F)cc1[N+](=O)[O-]. The molecule has 0 saturated carbocycles. The van der Waals surface area contributed by atoms with Gasteiger partial charge in [-0.1, -0.05) is 35.8 Å². The Morgan fingerprint density at radius 3 is 2.40 bits per heavy atom. The minimum Gasteiger partial charge on any atom is -0.258 e. The van der Waals surface area contributed by atoms with Crippen molar-refractivity contribution < 1.29 is 18.1 Å². The highest BCUT2D eigenvalue weighted by Gasteiger charge is 2.33. The van der Waals surface area contributed by atoms with E-state index in [4.69, 9.17) is 0 Å². The Balaban J connectivity index is 3.05. The quantitative estimate of drug-likeness (QED) is 0.426. The zero-order chi connectivity index (χ0) is 15.5. The van der Waals surface area contributed by atoms with Crippen LogP contribution < -0.4 is 0 Å². The van der Waals surface area contributed by atoms with Gasteiger partial charge in [-0.15, -0.1) is 0 Å². The van der Waals surface area contributed by atoms with Crippen LogP contribution in [0.5, 0.6) is 0 Å². The zero-order valence-electron chi connectivity index (χ0n) is 11.1. The van der Waals surface area contributed by atoms with Gasteiger partial charge in [-0.3, -0.25) is 10.1 Å². The number of nitrogens with zero attached hydrogens (tertiary/aromatic N) is 1. The first-order valence-corrected chi connectivity index (χ1v) is 7.01. The number of benzene rings is 1. The molecule has 0 saturated heterocycles. The summed E-state index contributed by atoms with van der Waals surface area (Å²) in [6, 6.07) is 2.68. The lowest BCUT2D eigenvalue weighted by atomic mass is 10.00. The summed E-state index contributed by atoms with van der Waals surface area (Å²) in [4.78, 5) is 10.2. The predicted octanol–water partition coefficient (Wildman–Crippen LogP) is 4.97. The van der Waals surface area contributed by atoms with Crippen LogP contribution in [0, 0.1) is 16.0 Å². The number of alkyl halides is 4. The van der Waals surface area contributed by atoms with Gasteiger partial charge < -0.3 is 0 Å². The number of rotatable bonds is 5. The van der Waals surface area contributed by atoms with Crippen LogP contribution in [0.25, 0.3) is 0 Å². The van der Waals surface area contributed by atoms with E-state index in [1.807, 2.05) is 13.8 Å². The molecule has 0 N–H and O–H groups in total. The second kappa shape index (κ2) is 6.56. The lowest BCUT2D eigenvalue weighted by Crippen LogP contribution is -2.10. The Hall–Kier alpha value is -1.11. The van der Waals surface area contributed by atoms with E-state index in [1.54, 1.807) is 0 Å². The molecule has 0 spiro atoms. The molecule has 0 aliphatic carbocycles. The fourth-order valence-corrected chi connectivity index (χ4v) is 3.01. The van der Waals surface area contributed by atoms with Gasteiger partial charge in [0.15, 0.2) is 0 Å². The monoisotopic (exact) mass is 353 g/mol. The topological polar surface area (TPSA) is 43.1 Å². The number of halogens is 4. The summed E-state index contributed by atoms with van der Waals surface area (Å²) in [5.41, 5.74) is -1.17. The number of hydrogen-bond donors (Lipinski definition) is 0. The molecule has 3 nitrogen and oxygen atoms in total. The second-order valence-electron chi connectivity index (χ2n) is 5.03. The lowest BCUT2D eigenvalue weighted by Gasteiger charge is -2.13. The van der Waals surface area contributed by atoms with E-state index in [0.717, 1.165) is 12.5 Å². The molecule has 0 bridgehead atoms. The van der Waals surface area contributed by atoms with Crippen LogP contribution in [0.1, 0.15) is 31.4 Å². The summed E-state index contributed by atoms with van der Waals surface area (Å²) in [6.07, 6.45) is -3.46. The summed E-state index contributed by atoms with van der Waals surface area (Å²) in [6.45, 7) is 4.02. The molecule has 1 aromatic carbocycles. The van der Waals surface area contributed by atoms with Crippen molar-refractivity contribution in [1.29, 1.82) is 0 Å². The fraction of sp³-hybridized carbons (Fsp3) is 0.538. The van der Waals surface area contributed by atoms with E-state index in [-0.39, 0.29) is 4.83 Å². The minimum absolute atomic E-state index is 0.00191. The van der Waals surface area contributed by atoms with E-state index in [9.17, 15) is 23.3 Å². The highest BCUT2D eigenvalue weighted by Crippen LogP contribution is 2.34. The second-order valence-corrected chi connectivity index (χ2v) is 6.32. The molecule has 1 unspecified atom stereocenters. The molecule has 1 rings (SSSR count). The molecule has 0 aliphatic heterocycles. The van der Waals surface area contributed by atoms with Crippen LogP contribution in [-0.4, -0.2) is 9.75 Å². The van der Waals surface area contributed by atoms with Gasteiger partial charge in [0.05, 0.1) is 10.5 Å². The molecule has 1 atom stereocenters. The minimum atomic E-state index is -4.57. The molecule has 1 aromatic rings. The molecule has 7 heteroatoms. The Labute approximate surface area is 123 Å². The van der Waals surface area contributed by atoms with Gasteiger partial charge in [-0.2, -0.15) is 13.2 Å². The van der Waals surface area contributed by atoms with Crippen molar-refractivity contribution in [1.82, 2.24) is 0 Å². The Bertz CT molecular complexity index is 489. The largest absolute Gasteiger partial charge is 0.416 e. The average molecular weight is 354 g/mol. The Morgan fingerprint density at radius 1 is 1.35 bits per heavy atom. The van der Waals surface area contributed by atoms with Crippen molar-refractivity contribution in [2.45, 2.75) is 37.7 Å². The van der Waals surface area contributed by atoms with Gasteiger partial charge in [0.2, 0.25) is 0 Å². The normalized spacial score (nSPS) is 13.6. The molecular weight excluding hydrogens is 339 g/mol. The van der Waals surface area contributed by atoms with Crippen molar-refractivity contribution in [3.05, 3.63) is 39.4 Å². The smallest absolute Gasteiger partial charge is 0.258 e. The molecule has 0 radical (unpaired) electrons. The fourth-order valence-electron chi connectivity index (χ4n) is 1.92. The summed E-state index contributed by atoms with van der Waals surface area (Å²) in [7, 11) is 0. The van der Waals surface area contributed by atoms with Crippen molar-refractivity contribution in [2.24, 2.45) is 5.92 Å². The third-order valence-electron chi connectivity index (χ3n) is 2.78. The molecule has 0 aromatic heterocycles. The standard InChI is InChI=1S/C13H15BrF3NO2/c1-8(2)5-11(14)6-9-3-4-10(13(15,16)17)7-12(9)18(19)20/h3-4,7-8,11H,5-6H2,1-2H3. The first kappa shape index (κ1) is 16.9. The van der Waals surface area contributed by atoms with Crippen molar-refractivity contribution in [3.63, 3.8) is 0 Å². The maximum Gasteiger partial charge on any atom is 0.416 e. The molecule has 0 amide bonds. The van der Waals surface area contributed by atoms with Crippen molar-refractivity contribution in [3.8, 4) is 0 Å². The van der Waals surface area contributed by atoms with Crippen LogP contribution >= 0.6 is 15.9 Å². The van der Waals surface area contributed by atoms with Crippen LogP contribution in [0.3, 0.4) is 0 Å². The third kappa shape index (κ3) is 4.77. The number of nitro benzene ring substituents is 1.